The van der Waals surface area contributed by atoms with Crippen molar-refractivity contribution in [3.8, 4) is 5.75 Å². The minimum absolute atomic E-state index is 0.0122. The van der Waals surface area contributed by atoms with Gasteiger partial charge in [0.1, 0.15) is 11.6 Å². The molecule has 2 aromatic rings. The zero-order valence-corrected chi connectivity index (χ0v) is 12.2. The van der Waals surface area contributed by atoms with Gasteiger partial charge in [-0.3, -0.25) is 0 Å². The SMILES string of the molecule is CCC(N)c1nc2cc(OC(C)C)ccc2n1CC. The van der Waals surface area contributed by atoms with Crippen LogP contribution in [0.25, 0.3) is 11.0 Å². The molecule has 0 saturated carbocycles. The van der Waals surface area contributed by atoms with Gasteiger partial charge >= 0.3 is 0 Å². The second-order valence-electron chi connectivity index (χ2n) is 5.05. The van der Waals surface area contributed by atoms with E-state index in [0.717, 1.165) is 35.6 Å². The molecule has 0 aliphatic heterocycles. The number of aryl methyl sites for hydroxylation is 1. The molecule has 2 rings (SSSR count). The van der Waals surface area contributed by atoms with Crippen LogP contribution in [-0.2, 0) is 6.54 Å². The molecule has 0 radical (unpaired) electrons. The molecular weight excluding hydrogens is 238 g/mol. The number of rotatable bonds is 5. The highest BCUT2D eigenvalue weighted by molar-refractivity contribution is 5.78. The van der Waals surface area contributed by atoms with Crippen molar-refractivity contribution in [1.29, 1.82) is 0 Å². The van der Waals surface area contributed by atoms with Crippen LogP contribution in [0.4, 0.5) is 0 Å². The third-order valence-corrected chi connectivity index (χ3v) is 3.21. The van der Waals surface area contributed by atoms with E-state index >= 15 is 0 Å². The summed E-state index contributed by atoms with van der Waals surface area (Å²) in [5, 5.41) is 0. The molecule has 1 unspecified atom stereocenters. The molecule has 1 heterocycles. The molecule has 0 bridgehead atoms. The van der Waals surface area contributed by atoms with Crippen molar-refractivity contribution < 1.29 is 4.74 Å². The predicted octanol–water partition coefficient (Wildman–Crippen LogP) is 3.25. The van der Waals surface area contributed by atoms with Crippen molar-refractivity contribution in [3.05, 3.63) is 24.0 Å². The molecule has 0 saturated heterocycles. The van der Waals surface area contributed by atoms with Gasteiger partial charge in [0.2, 0.25) is 0 Å². The van der Waals surface area contributed by atoms with Crippen LogP contribution in [0.3, 0.4) is 0 Å². The molecule has 0 fully saturated rings. The van der Waals surface area contributed by atoms with Crippen LogP contribution in [-0.4, -0.2) is 15.7 Å². The summed E-state index contributed by atoms with van der Waals surface area (Å²) >= 11 is 0. The number of fused-ring (bicyclic) bond motifs is 1. The molecule has 0 aliphatic rings. The number of imidazole rings is 1. The number of aromatic nitrogens is 2. The highest BCUT2D eigenvalue weighted by atomic mass is 16.5. The molecule has 104 valence electrons. The van der Waals surface area contributed by atoms with E-state index in [4.69, 9.17) is 10.5 Å². The van der Waals surface area contributed by atoms with E-state index in [1.54, 1.807) is 0 Å². The summed E-state index contributed by atoms with van der Waals surface area (Å²) in [6.45, 7) is 9.12. The van der Waals surface area contributed by atoms with E-state index in [1.165, 1.54) is 0 Å². The lowest BCUT2D eigenvalue weighted by molar-refractivity contribution is 0.242. The Balaban J connectivity index is 2.49. The molecule has 1 aromatic carbocycles. The molecule has 2 N–H and O–H groups in total. The predicted molar refractivity (Wildman–Crippen MR) is 78.4 cm³/mol. The standard InChI is InChI=1S/C15H23N3O/c1-5-12(16)15-17-13-9-11(19-10(3)4)7-8-14(13)18(15)6-2/h7-10,12H,5-6,16H2,1-4H3. The van der Waals surface area contributed by atoms with E-state index in [-0.39, 0.29) is 12.1 Å². The lowest BCUT2D eigenvalue weighted by Gasteiger charge is -2.11. The zero-order valence-electron chi connectivity index (χ0n) is 12.2. The first kappa shape index (κ1) is 13.9. The first-order valence-electron chi connectivity index (χ1n) is 6.99. The maximum Gasteiger partial charge on any atom is 0.126 e. The van der Waals surface area contributed by atoms with Gasteiger partial charge in [0, 0.05) is 12.6 Å². The van der Waals surface area contributed by atoms with E-state index in [1.807, 2.05) is 26.0 Å². The topological polar surface area (TPSA) is 53.1 Å². The monoisotopic (exact) mass is 261 g/mol. The van der Waals surface area contributed by atoms with Gasteiger partial charge in [-0.1, -0.05) is 6.92 Å². The molecule has 0 amide bonds. The van der Waals surface area contributed by atoms with Crippen molar-refractivity contribution in [3.63, 3.8) is 0 Å². The number of nitrogens with zero attached hydrogens (tertiary/aromatic N) is 2. The molecule has 19 heavy (non-hydrogen) atoms. The summed E-state index contributed by atoms with van der Waals surface area (Å²) < 4.78 is 7.89. The highest BCUT2D eigenvalue weighted by Gasteiger charge is 2.15. The maximum atomic E-state index is 6.14. The Morgan fingerprint density at radius 1 is 1.32 bits per heavy atom. The van der Waals surface area contributed by atoms with E-state index < -0.39 is 0 Å². The largest absolute Gasteiger partial charge is 0.491 e. The zero-order chi connectivity index (χ0) is 14.0. The maximum absolute atomic E-state index is 6.14. The van der Waals surface area contributed by atoms with Crippen molar-refractivity contribution in [2.45, 2.75) is 52.8 Å². The third kappa shape index (κ3) is 2.73. The normalized spacial score (nSPS) is 13.2. The van der Waals surface area contributed by atoms with Crippen LogP contribution in [0.15, 0.2) is 18.2 Å². The van der Waals surface area contributed by atoms with E-state index in [9.17, 15) is 0 Å². The molecule has 0 spiro atoms. The second kappa shape index (κ2) is 5.61. The Bertz CT molecular complexity index is 560. The van der Waals surface area contributed by atoms with Gasteiger partial charge in [-0.2, -0.15) is 0 Å². The van der Waals surface area contributed by atoms with Crippen LogP contribution >= 0.6 is 0 Å². The Morgan fingerprint density at radius 2 is 2.05 bits per heavy atom. The number of hydrogen-bond donors (Lipinski definition) is 1. The van der Waals surface area contributed by atoms with Gasteiger partial charge in [-0.05, 0) is 39.3 Å². The second-order valence-corrected chi connectivity index (χ2v) is 5.05. The Hall–Kier alpha value is -1.55. The summed E-state index contributed by atoms with van der Waals surface area (Å²) in [6, 6.07) is 6.04. The molecule has 4 nitrogen and oxygen atoms in total. The van der Waals surface area contributed by atoms with Gasteiger partial charge < -0.3 is 15.0 Å². The average Bonchev–Trinajstić information content (AvgIpc) is 2.74. The van der Waals surface area contributed by atoms with Gasteiger partial charge in [0.25, 0.3) is 0 Å². The Kier molecular flexibility index (Phi) is 4.10. The minimum atomic E-state index is -0.0122. The fraction of sp³-hybridized carbons (Fsp3) is 0.533. The average molecular weight is 261 g/mol. The summed E-state index contributed by atoms with van der Waals surface area (Å²) in [5.41, 5.74) is 8.22. The molecular formula is C15H23N3O. The van der Waals surface area contributed by atoms with E-state index in [0.29, 0.717) is 0 Å². The molecule has 4 heteroatoms. The summed E-state index contributed by atoms with van der Waals surface area (Å²) in [6.07, 6.45) is 1.06. The summed E-state index contributed by atoms with van der Waals surface area (Å²) in [4.78, 5) is 4.68. The smallest absolute Gasteiger partial charge is 0.126 e. The number of ether oxygens (including phenoxy) is 1. The van der Waals surface area contributed by atoms with Gasteiger partial charge in [-0.25, -0.2) is 4.98 Å². The van der Waals surface area contributed by atoms with Crippen LogP contribution in [0.5, 0.6) is 5.75 Å². The van der Waals surface area contributed by atoms with Crippen molar-refractivity contribution in [1.82, 2.24) is 9.55 Å². The van der Waals surface area contributed by atoms with Crippen LogP contribution in [0, 0.1) is 0 Å². The van der Waals surface area contributed by atoms with Gasteiger partial charge in [0.15, 0.2) is 0 Å². The lowest BCUT2D eigenvalue weighted by Crippen LogP contribution is -2.15. The van der Waals surface area contributed by atoms with Crippen LogP contribution < -0.4 is 10.5 Å². The minimum Gasteiger partial charge on any atom is -0.491 e. The lowest BCUT2D eigenvalue weighted by atomic mass is 10.2. The van der Waals surface area contributed by atoms with Crippen molar-refractivity contribution in [2.75, 3.05) is 0 Å². The van der Waals surface area contributed by atoms with E-state index in [2.05, 4.69) is 29.5 Å². The number of benzene rings is 1. The number of hydrogen-bond acceptors (Lipinski definition) is 3. The number of nitrogens with two attached hydrogens (primary N) is 1. The summed E-state index contributed by atoms with van der Waals surface area (Å²) in [7, 11) is 0. The van der Waals surface area contributed by atoms with Gasteiger partial charge in [0.05, 0.1) is 23.2 Å². The third-order valence-electron chi connectivity index (χ3n) is 3.21. The fourth-order valence-corrected chi connectivity index (χ4v) is 2.27. The van der Waals surface area contributed by atoms with Crippen molar-refractivity contribution in [2.24, 2.45) is 5.73 Å². The van der Waals surface area contributed by atoms with Crippen LogP contribution in [0.2, 0.25) is 0 Å². The Morgan fingerprint density at radius 3 is 2.63 bits per heavy atom. The van der Waals surface area contributed by atoms with Gasteiger partial charge in [-0.15, -0.1) is 0 Å². The van der Waals surface area contributed by atoms with Crippen LogP contribution in [0.1, 0.15) is 46.0 Å². The van der Waals surface area contributed by atoms with Crippen molar-refractivity contribution >= 4 is 11.0 Å². The Labute approximate surface area is 114 Å². The first-order chi connectivity index (χ1) is 9.06. The molecule has 1 aromatic heterocycles. The highest BCUT2D eigenvalue weighted by Crippen LogP contribution is 2.25. The fourth-order valence-electron chi connectivity index (χ4n) is 2.27. The first-order valence-corrected chi connectivity index (χ1v) is 6.99. The molecule has 0 aliphatic carbocycles. The molecule has 1 atom stereocenters. The summed E-state index contributed by atoms with van der Waals surface area (Å²) in [5.74, 6) is 1.82. The quantitative estimate of drug-likeness (QED) is 0.898.